The molecule has 0 aliphatic carbocycles. The number of nitrogens with zero attached hydrogens (tertiary/aromatic N) is 2. The zero-order valence-electron chi connectivity index (χ0n) is 11.2. The van der Waals surface area contributed by atoms with Gasteiger partial charge in [-0.05, 0) is 43.1 Å². The van der Waals surface area contributed by atoms with E-state index in [0.717, 1.165) is 37.2 Å². The van der Waals surface area contributed by atoms with E-state index in [-0.39, 0.29) is 11.9 Å². The van der Waals surface area contributed by atoms with Crippen molar-refractivity contribution in [3.8, 4) is 0 Å². The average molecular weight is 270 g/mol. The summed E-state index contributed by atoms with van der Waals surface area (Å²) in [6.45, 7) is 1.67. The molecule has 5 nitrogen and oxygen atoms in total. The molecule has 1 fully saturated rings. The summed E-state index contributed by atoms with van der Waals surface area (Å²) in [6, 6.07) is 9.76. The van der Waals surface area contributed by atoms with E-state index in [9.17, 15) is 4.79 Å². The van der Waals surface area contributed by atoms with Gasteiger partial charge in [0, 0.05) is 18.1 Å². The van der Waals surface area contributed by atoms with Crippen LogP contribution in [0.2, 0.25) is 0 Å². The van der Waals surface area contributed by atoms with Crippen LogP contribution in [0.25, 0.3) is 0 Å². The van der Waals surface area contributed by atoms with Crippen LogP contribution in [0.3, 0.4) is 0 Å². The Morgan fingerprint density at radius 3 is 2.90 bits per heavy atom. The Kier molecular flexibility index (Phi) is 3.78. The van der Waals surface area contributed by atoms with Gasteiger partial charge in [0.1, 0.15) is 0 Å². The van der Waals surface area contributed by atoms with Gasteiger partial charge in [-0.25, -0.2) is 0 Å². The summed E-state index contributed by atoms with van der Waals surface area (Å²) in [4.78, 5) is 12.0. The topological polar surface area (TPSA) is 59.0 Å². The zero-order valence-corrected chi connectivity index (χ0v) is 11.2. The second-order valence-corrected chi connectivity index (χ2v) is 5.04. The number of rotatable bonds is 4. The molecule has 1 aromatic heterocycles. The number of hydrogen-bond donors (Lipinski definition) is 2. The first-order valence-electron chi connectivity index (χ1n) is 6.92. The van der Waals surface area contributed by atoms with Crippen LogP contribution < -0.4 is 10.6 Å². The van der Waals surface area contributed by atoms with Crippen molar-refractivity contribution in [2.75, 3.05) is 11.9 Å². The van der Waals surface area contributed by atoms with Gasteiger partial charge >= 0.3 is 0 Å². The van der Waals surface area contributed by atoms with Crippen molar-refractivity contribution in [3.63, 3.8) is 0 Å². The Bertz CT molecular complexity index is 556. The van der Waals surface area contributed by atoms with Gasteiger partial charge in [-0.1, -0.05) is 12.1 Å². The van der Waals surface area contributed by atoms with Crippen LogP contribution >= 0.6 is 0 Å². The van der Waals surface area contributed by atoms with E-state index in [0.29, 0.717) is 0 Å². The predicted octanol–water partition coefficient (Wildman–Crippen LogP) is 1.62. The van der Waals surface area contributed by atoms with Crippen LogP contribution in [0, 0.1) is 0 Å². The van der Waals surface area contributed by atoms with Gasteiger partial charge in [0.15, 0.2) is 0 Å². The maximum Gasteiger partial charge on any atom is 0.241 e. The molecular weight excluding hydrogens is 252 g/mol. The molecule has 2 heterocycles. The third-order valence-corrected chi connectivity index (χ3v) is 3.50. The Hall–Kier alpha value is -2.14. The van der Waals surface area contributed by atoms with Crippen molar-refractivity contribution < 1.29 is 4.79 Å². The third-order valence-electron chi connectivity index (χ3n) is 3.50. The fourth-order valence-corrected chi connectivity index (χ4v) is 2.41. The van der Waals surface area contributed by atoms with Crippen molar-refractivity contribution in [2.45, 2.75) is 25.4 Å². The van der Waals surface area contributed by atoms with E-state index in [1.807, 2.05) is 41.2 Å². The lowest BCUT2D eigenvalue weighted by atomic mass is 10.2. The van der Waals surface area contributed by atoms with Gasteiger partial charge < -0.3 is 10.6 Å². The maximum atomic E-state index is 12.0. The number of nitrogens with one attached hydrogen (secondary N) is 2. The van der Waals surface area contributed by atoms with Crippen molar-refractivity contribution in [3.05, 3.63) is 48.3 Å². The number of benzene rings is 1. The molecule has 1 aliphatic heterocycles. The molecule has 1 aromatic carbocycles. The summed E-state index contributed by atoms with van der Waals surface area (Å²) < 4.78 is 1.87. The molecule has 1 atom stereocenters. The molecule has 2 aromatic rings. The number of anilines is 1. The lowest BCUT2D eigenvalue weighted by molar-refractivity contribution is -0.117. The van der Waals surface area contributed by atoms with Crippen molar-refractivity contribution >= 4 is 11.6 Å². The van der Waals surface area contributed by atoms with Crippen LogP contribution in [0.5, 0.6) is 0 Å². The van der Waals surface area contributed by atoms with Crippen LogP contribution in [0.1, 0.15) is 18.4 Å². The summed E-state index contributed by atoms with van der Waals surface area (Å²) >= 11 is 0. The summed E-state index contributed by atoms with van der Waals surface area (Å²) in [5.74, 6) is 0.0577. The molecule has 5 heteroatoms. The molecule has 0 unspecified atom stereocenters. The molecule has 1 saturated heterocycles. The highest BCUT2D eigenvalue weighted by Crippen LogP contribution is 2.13. The molecule has 0 radical (unpaired) electrons. The SMILES string of the molecule is O=C(Nc1ccc(Cn2cccn2)cc1)[C@H]1CCCN1. The number of carbonyl (C=O) groups is 1. The molecule has 0 saturated carbocycles. The van der Waals surface area contributed by atoms with E-state index in [1.165, 1.54) is 0 Å². The Labute approximate surface area is 118 Å². The van der Waals surface area contributed by atoms with E-state index in [1.54, 1.807) is 6.20 Å². The van der Waals surface area contributed by atoms with Gasteiger partial charge in [-0.15, -0.1) is 0 Å². The smallest absolute Gasteiger partial charge is 0.241 e. The minimum Gasteiger partial charge on any atom is -0.325 e. The molecule has 104 valence electrons. The number of amides is 1. The molecule has 3 rings (SSSR count). The summed E-state index contributed by atoms with van der Waals surface area (Å²) in [5.41, 5.74) is 2.00. The molecule has 2 N–H and O–H groups in total. The van der Waals surface area contributed by atoms with E-state index >= 15 is 0 Å². The van der Waals surface area contributed by atoms with Gasteiger partial charge in [-0.3, -0.25) is 9.48 Å². The summed E-state index contributed by atoms with van der Waals surface area (Å²) in [6.07, 6.45) is 5.69. The Balaban J connectivity index is 1.59. The molecule has 20 heavy (non-hydrogen) atoms. The minimum absolute atomic E-state index is 0.0428. The first kappa shape index (κ1) is 12.9. The van der Waals surface area contributed by atoms with Crippen LogP contribution in [-0.4, -0.2) is 28.3 Å². The highest BCUT2D eigenvalue weighted by atomic mass is 16.2. The summed E-state index contributed by atoms with van der Waals surface area (Å²) in [7, 11) is 0. The van der Waals surface area contributed by atoms with Gasteiger partial charge in [0.05, 0.1) is 12.6 Å². The van der Waals surface area contributed by atoms with Crippen LogP contribution in [-0.2, 0) is 11.3 Å². The van der Waals surface area contributed by atoms with Crippen LogP contribution in [0.4, 0.5) is 5.69 Å². The summed E-state index contributed by atoms with van der Waals surface area (Å²) in [5, 5.41) is 10.3. The van der Waals surface area contributed by atoms with Crippen molar-refractivity contribution in [1.82, 2.24) is 15.1 Å². The number of aromatic nitrogens is 2. The predicted molar refractivity (Wildman–Crippen MR) is 77.4 cm³/mol. The molecule has 1 amide bonds. The van der Waals surface area contributed by atoms with E-state index < -0.39 is 0 Å². The standard InChI is InChI=1S/C15H18N4O/c20-15(14-3-1-8-16-14)18-13-6-4-12(5-7-13)11-19-10-2-9-17-19/h2,4-7,9-10,14,16H,1,3,8,11H2,(H,18,20)/t14-/m1/s1. The van der Waals surface area contributed by atoms with Gasteiger partial charge in [0.2, 0.25) is 5.91 Å². The highest BCUT2D eigenvalue weighted by Gasteiger charge is 2.21. The zero-order chi connectivity index (χ0) is 13.8. The fraction of sp³-hybridized carbons (Fsp3) is 0.333. The van der Waals surface area contributed by atoms with Crippen LogP contribution in [0.15, 0.2) is 42.7 Å². The van der Waals surface area contributed by atoms with Gasteiger partial charge in [-0.2, -0.15) is 5.10 Å². The maximum absolute atomic E-state index is 12.0. The normalized spacial score (nSPS) is 18.1. The van der Waals surface area contributed by atoms with E-state index in [4.69, 9.17) is 0 Å². The lowest BCUT2D eigenvalue weighted by Crippen LogP contribution is -2.35. The fourth-order valence-electron chi connectivity index (χ4n) is 2.41. The Morgan fingerprint density at radius 1 is 1.40 bits per heavy atom. The van der Waals surface area contributed by atoms with Gasteiger partial charge in [0.25, 0.3) is 0 Å². The largest absolute Gasteiger partial charge is 0.325 e. The quantitative estimate of drug-likeness (QED) is 0.887. The highest BCUT2D eigenvalue weighted by molar-refractivity contribution is 5.95. The molecule has 0 bridgehead atoms. The minimum atomic E-state index is -0.0428. The van der Waals surface area contributed by atoms with Crippen molar-refractivity contribution in [1.29, 1.82) is 0 Å². The molecule has 1 aliphatic rings. The average Bonchev–Trinajstić information content (AvgIpc) is 3.13. The third kappa shape index (κ3) is 3.05. The first-order chi connectivity index (χ1) is 9.81. The lowest BCUT2D eigenvalue weighted by Gasteiger charge is -2.11. The monoisotopic (exact) mass is 270 g/mol. The molecule has 0 spiro atoms. The second kappa shape index (κ2) is 5.88. The number of carbonyl (C=O) groups excluding carboxylic acids is 1. The van der Waals surface area contributed by atoms with E-state index in [2.05, 4.69) is 15.7 Å². The Morgan fingerprint density at radius 2 is 2.25 bits per heavy atom. The number of hydrogen-bond acceptors (Lipinski definition) is 3. The molecular formula is C15H18N4O. The first-order valence-corrected chi connectivity index (χ1v) is 6.92. The van der Waals surface area contributed by atoms with Crippen molar-refractivity contribution in [2.24, 2.45) is 0 Å². The second-order valence-electron chi connectivity index (χ2n) is 5.04.